The fourth-order valence-electron chi connectivity index (χ4n) is 5.24. The molecule has 0 spiro atoms. The van der Waals surface area contributed by atoms with Gasteiger partial charge in [0.15, 0.2) is 0 Å². The minimum Gasteiger partial charge on any atom is -0.497 e. The molecule has 4 aromatic rings. The highest BCUT2D eigenvalue weighted by Gasteiger charge is 2.56. The maximum atomic E-state index is 13.9. The van der Waals surface area contributed by atoms with E-state index in [1.807, 2.05) is 49.4 Å². The number of ether oxygens (including phenoxy) is 1. The number of aromatic nitrogens is 1. The zero-order chi connectivity index (χ0) is 28.0. The Balaban J connectivity index is 1.42. The van der Waals surface area contributed by atoms with Crippen LogP contribution >= 0.6 is 23.1 Å². The molecule has 10 heteroatoms. The number of benzene rings is 3. The molecule has 3 amide bonds. The molecule has 3 atom stereocenters. The van der Waals surface area contributed by atoms with Crippen LogP contribution in [0.3, 0.4) is 0 Å². The lowest BCUT2D eigenvalue weighted by Gasteiger charge is -2.30. The Morgan fingerprint density at radius 2 is 1.62 bits per heavy atom. The molecular formula is C30H25N3O5S2. The Kier molecular flexibility index (Phi) is 6.81. The molecule has 0 bridgehead atoms. The molecule has 2 unspecified atom stereocenters. The van der Waals surface area contributed by atoms with Crippen LogP contribution in [-0.4, -0.2) is 34.6 Å². The molecule has 8 nitrogen and oxygen atoms in total. The third-order valence-electron chi connectivity index (χ3n) is 7.18. The molecule has 6 rings (SSSR count). The van der Waals surface area contributed by atoms with Crippen LogP contribution in [0.2, 0.25) is 0 Å². The zero-order valence-electron chi connectivity index (χ0n) is 21.7. The van der Waals surface area contributed by atoms with E-state index in [1.54, 1.807) is 43.5 Å². The van der Waals surface area contributed by atoms with Crippen molar-refractivity contribution >= 4 is 52.2 Å². The maximum absolute atomic E-state index is 13.9. The van der Waals surface area contributed by atoms with Gasteiger partial charge in [0.1, 0.15) is 17.5 Å². The number of para-hydroxylation sites is 1. The van der Waals surface area contributed by atoms with E-state index in [-0.39, 0.29) is 29.1 Å². The topological polar surface area (TPSA) is 97.7 Å². The van der Waals surface area contributed by atoms with Crippen molar-refractivity contribution in [2.24, 2.45) is 5.92 Å². The fraction of sp³-hybridized carbons (Fsp3) is 0.200. The van der Waals surface area contributed by atoms with Gasteiger partial charge in [0.2, 0.25) is 17.7 Å². The Morgan fingerprint density at radius 3 is 2.30 bits per heavy atom. The van der Waals surface area contributed by atoms with Crippen LogP contribution in [0.5, 0.6) is 5.75 Å². The zero-order valence-corrected chi connectivity index (χ0v) is 23.3. The fourth-order valence-corrected chi connectivity index (χ4v) is 8.01. The number of anilines is 2. The number of fused-ring (bicyclic) bond motifs is 2. The molecule has 3 aromatic carbocycles. The Bertz CT molecular complexity index is 1660. The highest BCUT2D eigenvalue weighted by atomic mass is 32.2. The molecule has 0 aliphatic carbocycles. The van der Waals surface area contributed by atoms with Gasteiger partial charge in [0.25, 0.3) is 0 Å². The first kappa shape index (κ1) is 26.1. The van der Waals surface area contributed by atoms with Crippen LogP contribution in [0, 0.1) is 12.8 Å². The van der Waals surface area contributed by atoms with Crippen molar-refractivity contribution in [3.8, 4) is 5.75 Å². The van der Waals surface area contributed by atoms with Crippen LogP contribution in [0.1, 0.15) is 21.9 Å². The molecule has 1 fully saturated rings. The third kappa shape index (κ3) is 4.52. The smallest absolute Gasteiger partial charge is 0.308 e. The van der Waals surface area contributed by atoms with Gasteiger partial charge in [-0.05, 0) is 48.9 Å². The van der Waals surface area contributed by atoms with Gasteiger partial charge >= 0.3 is 4.87 Å². The predicted octanol–water partition coefficient (Wildman–Crippen LogP) is 4.66. The van der Waals surface area contributed by atoms with Crippen molar-refractivity contribution in [2.75, 3.05) is 17.3 Å². The van der Waals surface area contributed by atoms with Crippen molar-refractivity contribution in [3.05, 3.63) is 105 Å². The molecule has 2 aliphatic rings. The summed E-state index contributed by atoms with van der Waals surface area (Å²) >= 11 is 2.22. The molecule has 0 saturated carbocycles. The lowest BCUT2D eigenvalue weighted by atomic mass is 9.83. The van der Waals surface area contributed by atoms with Gasteiger partial charge in [0, 0.05) is 16.5 Å². The number of aryl methyl sites for hydroxylation is 1. The summed E-state index contributed by atoms with van der Waals surface area (Å²) in [6.07, 6.45) is 0. The molecule has 1 N–H and O–H groups in total. The van der Waals surface area contributed by atoms with Crippen molar-refractivity contribution < 1.29 is 19.1 Å². The molecule has 2 aliphatic heterocycles. The maximum Gasteiger partial charge on any atom is 0.308 e. The van der Waals surface area contributed by atoms with E-state index in [4.69, 9.17) is 4.74 Å². The number of rotatable bonds is 6. The first-order valence-electron chi connectivity index (χ1n) is 12.7. The summed E-state index contributed by atoms with van der Waals surface area (Å²) in [7, 11) is 1.57. The molecule has 1 saturated heterocycles. The van der Waals surface area contributed by atoms with Crippen LogP contribution in [0.15, 0.2) is 88.7 Å². The number of methoxy groups -OCH3 is 1. The van der Waals surface area contributed by atoms with Gasteiger partial charge in [-0.25, -0.2) is 4.90 Å². The van der Waals surface area contributed by atoms with Gasteiger partial charge in [0.05, 0.1) is 23.7 Å². The second kappa shape index (κ2) is 10.4. The number of thiazole rings is 1. The number of imide groups is 1. The van der Waals surface area contributed by atoms with Crippen molar-refractivity contribution in [2.45, 2.75) is 29.7 Å². The van der Waals surface area contributed by atoms with Gasteiger partial charge in [-0.2, -0.15) is 0 Å². The SMILES string of the molecule is COc1ccc([C@H]2c3sc(=O)n(CC(=O)Nc4ccccc4)c3SC3C(=O)N(c4ccc(C)cc4)C(=O)C32)cc1. The Morgan fingerprint density at radius 1 is 0.925 bits per heavy atom. The Labute approximate surface area is 238 Å². The number of carbonyl (C=O) groups excluding carboxylic acids is 3. The number of thioether (sulfide) groups is 1. The summed E-state index contributed by atoms with van der Waals surface area (Å²) in [5, 5.41) is 2.62. The highest BCUT2D eigenvalue weighted by Crippen LogP contribution is 2.54. The number of nitrogens with zero attached hydrogens (tertiary/aromatic N) is 2. The van der Waals surface area contributed by atoms with Crippen LogP contribution < -0.4 is 19.8 Å². The number of carbonyl (C=O) groups is 3. The quantitative estimate of drug-likeness (QED) is 0.338. The summed E-state index contributed by atoms with van der Waals surface area (Å²) in [6, 6.07) is 23.6. The second-order valence-corrected chi connectivity index (χ2v) is 11.8. The lowest BCUT2D eigenvalue weighted by Crippen LogP contribution is -2.33. The third-order valence-corrected chi connectivity index (χ3v) is 9.78. The van der Waals surface area contributed by atoms with E-state index in [0.717, 1.165) is 22.5 Å². The predicted molar refractivity (Wildman–Crippen MR) is 155 cm³/mol. The summed E-state index contributed by atoms with van der Waals surface area (Å²) in [5.74, 6) is -1.56. The van der Waals surface area contributed by atoms with E-state index in [1.165, 1.54) is 21.2 Å². The van der Waals surface area contributed by atoms with Crippen molar-refractivity contribution in [1.82, 2.24) is 4.57 Å². The molecule has 3 heterocycles. The first-order chi connectivity index (χ1) is 19.4. The average Bonchev–Trinajstić information content (AvgIpc) is 3.40. The normalized spacial score (nSPS) is 19.8. The van der Waals surface area contributed by atoms with E-state index in [0.29, 0.717) is 27.0 Å². The average molecular weight is 572 g/mol. The molecule has 202 valence electrons. The largest absolute Gasteiger partial charge is 0.497 e. The van der Waals surface area contributed by atoms with Crippen LogP contribution in [-0.2, 0) is 20.9 Å². The van der Waals surface area contributed by atoms with E-state index < -0.39 is 17.1 Å². The number of hydrogen-bond acceptors (Lipinski definition) is 7. The number of nitrogens with one attached hydrogen (secondary N) is 1. The monoisotopic (exact) mass is 571 g/mol. The van der Waals surface area contributed by atoms with Gasteiger partial charge in [-0.15, -0.1) is 0 Å². The van der Waals surface area contributed by atoms with E-state index in [2.05, 4.69) is 5.32 Å². The summed E-state index contributed by atoms with van der Waals surface area (Å²) < 4.78 is 6.74. The van der Waals surface area contributed by atoms with Crippen molar-refractivity contribution in [1.29, 1.82) is 0 Å². The minimum absolute atomic E-state index is 0.205. The van der Waals surface area contributed by atoms with Crippen molar-refractivity contribution in [3.63, 3.8) is 0 Å². The molecule has 1 aromatic heterocycles. The Hall–Kier alpha value is -4.15. The van der Waals surface area contributed by atoms with Gasteiger partial charge < -0.3 is 10.1 Å². The molecular weight excluding hydrogens is 546 g/mol. The van der Waals surface area contributed by atoms with E-state index in [9.17, 15) is 19.2 Å². The van der Waals surface area contributed by atoms with Gasteiger partial charge in [-0.1, -0.05) is 71.1 Å². The molecule has 40 heavy (non-hydrogen) atoms. The number of hydrogen-bond donors (Lipinski definition) is 1. The molecule has 0 radical (unpaired) electrons. The minimum atomic E-state index is -0.745. The first-order valence-corrected chi connectivity index (χ1v) is 14.4. The van der Waals surface area contributed by atoms with Crippen LogP contribution in [0.25, 0.3) is 0 Å². The standard InChI is InChI=1S/C30H25N3O5S2/c1-17-8-12-20(13-9-17)33-27(35)24-23(18-10-14-21(38-2)15-11-18)26-29(39-25(24)28(33)36)32(30(37)40-26)16-22(34)31-19-6-4-3-5-7-19/h3-15,23-25H,16H2,1-2H3,(H,31,34)/t23-,24?,25?/m1/s1. The number of amides is 3. The van der Waals surface area contributed by atoms with Gasteiger partial charge in [-0.3, -0.25) is 23.7 Å². The summed E-state index contributed by atoms with van der Waals surface area (Å²) in [6.45, 7) is 1.74. The van der Waals surface area contributed by atoms with E-state index >= 15 is 0 Å². The highest BCUT2D eigenvalue weighted by molar-refractivity contribution is 8.00. The second-order valence-electron chi connectivity index (χ2n) is 9.70. The van der Waals surface area contributed by atoms with Crippen LogP contribution in [0.4, 0.5) is 11.4 Å². The summed E-state index contributed by atoms with van der Waals surface area (Å²) in [5.41, 5.74) is 2.96. The lowest BCUT2D eigenvalue weighted by molar-refractivity contribution is -0.122. The summed E-state index contributed by atoms with van der Waals surface area (Å²) in [4.78, 5) is 55.6.